The lowest BCUT2D eigenvalue weighted by molar-refractivity contribution is -0.136. The van der Waals surface area contributed by atoms with Crippen molar-refractivity contribution in [3.8, 4) is 22.9 Å². The first-order valence-corrected chi connectivity index (χ1v) is 8.69. The molecule has 1 aromatic carbocycles. The maximum Gasteiger partial charge on any atom is 0.328 e. The molecular formula is C17H18N6O4. The summed E-state index contributed by atoms with van der Waals surface area (Å²) in [6.07, 6.45) is 1.71. The van der Waals surface area contributed by atoms with Gasteiger partial charge in [-0.25, -0.2) is 9.78 Å². The molecule has 0 radical (unpaired) electrons. The molecule has 0 spiro atoms. The number of aromatic nitrogens is 5. The Balaban J connectivity index is 1.67. The van der Waals surface area contributed by atoms with Crippen LogP contribution in [0.3, 0.4) is 0 Å². The van der Waals surface area contributed by atoms with Crippen LogP contribution in [0.15, 0.2) is 23.0 Å². The minimum Gasteiger partial charge on any atom is -0.493 e. The van der Waals surface area contributed by atoms with Crippen LogP contribution < -0.4 is 20.3 Å². The van der Waals surface area contributed by atoms with Crippen LogP contribution in [0, 0.1) is 0 Å². The fraction of sp³-hybridized carbons (Fsp3) is 0.353. The van der Waals surface area contributed by atoms with Gasteiger partial charge in [0.2, 0.25) is 5.65 Å². The van der Waals surface area contributed by atoms with Gasteiger partial charge in [0.05, 0.1) is 12.2 Å². The first-order chi connectivity index (χ1) is 13.2. The number of carbonyl (C=O) groups is 1. The van der Waals surface area contributed by atoms with E-state index in [0.29, 0.717) is 29.5 Å². The minimum absolute atomic E-state index is 0.131. The third-order valence-electron chi connectivity index (χ3n) is 4.27. The molecule has 1 saturated heterocycles. The maximum atomic E-state index is 12.2. The second kappa shape index (κ2) is 7.16. The van der Waals surface area contributed by atoms with Crippen LogP contribution in [0.4, 0.5) is 0 Å². The van der Waals surface area contributed by atoms with Gasteiger partial charge in [-0.2, -0.15) is 5.21 Å². The number of nitrogens with zero attached hydrogens (tertiary/aromatic N) is 3. The number of ether oxygens (including phenoxy) is 2. The number of aromatic amines is 2. The van der Waals surface area contributed by atoms with Crippen molar-refractivity contribution < 1.29 is 14.3 Å². The number of esters is 1. The Morgan fingerprint density at radius 3 is 3.00 bits per heavy atom. The Morgan fingerprint density at radius 2 is 2.22 bits per heavy atom. The predicted octanol–water partition coefficient (Wildman–Crippen LogP) is 0.764. The van der Waals surface area contributed by atoms with Crippen LogP contribution in [0.25, 0.3) is 22.6 Å². The number of benzene rings is 1. The molecule has 1 atom stereocenters. The Kier molecular flexibility index (Phi) is 4.55. The van der Waals surface area contributed by atoms with E-state index in [0.717, 1.165) is 19.4 Å². The molecule has 0 saturated carbocycles. The van der Waals surface area contributed by atoms with Gasteiger partial charge in [-0.15, -0.1) is 10.2 Å². The molecular weight excluding hydrogens is 352 g/mol. The SMILES string of the molecule is CCOc1cc(OC(=O)[C@H]2CCCN2)ccc1-c1nc2n[nH]nc2c(=O)[nH]1. The van der Waals surface area contributed by atoms with Gasteiger partial charge in [-0.1, -0.05) is 0 Å². The molecule has 10 nitrogen and oxygen atoms in total. The van der Waals surface area contributed by atoms with Crippen LogP contribution in [-0.2, 0) is 4.79 Å². The number of carbonyl (C=O) groups excluding carboxylic acids is 1. The highest BCUT2D eigenvalue weighted by molar-refractivity contribution is 5.79. The Bertz CT molecular complexity index is 1040. The second-order valence-electron chi connectivity index (χ2n) is 6.07. The van der Waals surface area contributed by atoms with E-state index in [1.54, 1.807) is 18.2 Å². The van der Waals surface area contributed by atoms with Gasteiger partial charge in [0, 0.05) is 6.07 Å². The summed E-state index contributed by atoms with van der Waals surface area (Å²) in [6, 6.07) is 4.64. The van der Waals surface area contributed by atoms with Gasteiger partial charge in [0.1, 0.15) is 23.4 Å². The molecule has 1 aliphatic rings. The van der Waals surface area contributed by atoms with Crippen LogP contribution in [0.2, 0.25) is 0 Å². The fourth-order valence-corrected chi connectivity index (χ4v) is 2.99. The van der Waals surface area contributed by atoms with Gasteiger partial charge in [0.15, 0.2) is 5.52 Å². The molecule has 10 heteroatoms. The average Bonchev–Trinajstić information content (AvgIpc) is 3.34. The number of fused-ring (bicyclic) bond motifs is 1. The summed E-state index contributed by atoms with van der Waals surface area (Å²) in [5.74, 6) is 0.775. The quantitative estimate of drug-likeness (QED) is 0.443. The Morgan fingerprint density at radius 1 is 1.33 bits per heavy atom. The Labute approximate surface area is 153 Å². The van der Waals surface area contributed by atoms with Crippen LogP contribution in [0.1, 0.15) is 19.8 Å². The maximum absolute atomic E-state index is 12.2. The van der Waals surface area contributed by atoms with Crippen molar-refractivity contribution in [2.45, 2.75) is 25.8 Å². The number of H-pyrrole nitrogens is 2. The van der Waals surface area contributed by atoms with E-state index in [1.807, 2.05) is 6.92 Å². The molecule has 4 rings (SSSR count). The first-order valence-electron chi connectivity index (χ1n) is 8.69. The number of hydrogen-bond acceptors (Lipinski definition) is 8. The molecule has 1 aliphatic heterocycles. The zero-order valence-electron chi connectivity index (χ0n) is 14.6. The van der Waals surface area contributed by atoms with Crippen molar-refractivity contribution in [3.05, 3.63) is 28.6 Å². The number of rotatable bonds is 5. The van der Waals surface area contributed by atoms with E-state index in [-0.39, 0.29) is 23.2 Å². The summed E-state index contributed by atoms with van der Waals surface area (Å²) in [5, 5.41) is 13.1. The van der Waals surface area contributed by atoms with E-state index in [1.165, 1.54) is 0 Å². The van der Waals surface area contributed by atoms with E-state index in [9.17, 15) is 9.59 Å². The summed E-state index contributed by atoms with van der Waals surface area (Å²) in [5.41, 5.74) is 0.483. The lowest BCUT2D eigenvalue weighted by Gasteiger charge is -2.13. The van der Waals surface area contributed by atoms with Crippen molar-refractivity contribution in [1.29, 1.82) is 0 Å². The summed E-state index contributed by atoms with van der Waals surface area (Å²) < 4.78 is 11.1. The van der Waals surface area contributed by atoms with Crippen LogP contribution >= 0.6 is 0 Å². The summed E-state index contributed by atoms with van der Waals surface area (Å²) in [6.45, 7) is 3.04. The number of hydrogen-bond donors (Lipinski definition) is 3. The summed E-state index contributed by atoms with van der Waals surface area (Å²) >= 11 is 0. The highest BCUT2D eigenvalue weighted by Crippen LogP contribution is 2.32. The normalized spacial score (nSPS) is 16.6. The van der Waals surface area contributed by atoms with Gasteiger partial charge in [0.25, 0.3) is 5.56 Å². The molecule has 0 aliphatic carbocycles. The molecule has 3 heterocycles. The topological polar surface area (TPSA) is 135 Å². The fourth-order valence-electron chi connectivity index (χ4n) is 2.99. The zero-order valence-corrected chi connectivity index (χ0v) is 14.6. The lowest BCUT2D eigenvalue weighted by atomic mass is 10.1. The molecule has 27 heavy (non-hydrogen) atoms. The minimum atomic E-state index is -0.408. The molecule has 0 unspecified atom stereocenters. The van der Waals surface area contributed by atoms with E-state index >= 15 is 0 Å². The van der Waals surface area contributed by atoms with E-state index < -0.39 is 5.56 Å². The van der Waals surface area contributed by atoms with Crippen molar-refractivity contribution >= 4 is 17.1 Å². The van der Waals surface area contributed by atoms with Crippen LogP contribution in [0.5, 0.6) is 11.5 Å². The monoisotopic (exact) mass is 370 g/mol. The highest BCUT2D eigenvalue weighted by atomic mass is 16.5. The van der Waals surface area contributed by atoms with E-state index in [2.05, 4.69) is 30.7 Å². The lowest BCUT2D eigenvalue weighted by Crippen LogP contribution is -2.34. The number of nitrogens with one attached hydrogen (secondary N) is 3. The van der Waals surface area contributed by atoms with E-state index in [4.69, 9.17) is 9.47 Å². The third kappa shape index (κ3) is 3.38. The molecule has 0 amide bonds. The zero-order chi connectivity index (χ0) is 18.8. The highest BCUT2D eigenvalue weighted by Gasteiger charge is 2.24. The molecule has 1 fully saturated rings. The molecule has 2 aromatic heterocycles. The van der Waals surface area contributed by atoms with Crippen molar-refractivity contribution in [3.63, 3.8) is 0 Å². The first kappa shape index (κ1) is 17.2. The Hall–Kier alpha value is -3.27. The van der Waals surface area contributed by atoms with Gasteiger partial charge < -0.3 is 19.8 Å². The molecule has 3 N–H and O–H groups in total. The predicted molar refractivity (Wildman–Crippen MR) is 95.6 cm³/mol. The van der Waals surface area contributed by atoms with Crippen LogP contribution in [-0.4, -0.2) is 50.5 Å². The van der Waals surface area contributed by atoms with Gasteiger partial charge in [-0.3, -0.25) is 4.79 Å². The summed E-state index contributed by atoms with van der Waals surface area (Å²) in [4.78, 5) is 31.3. The molecule has 3 aromatic rings. The van der Waals surface area contributed by atoms with Crippen molar-refractivity contribution in [2.24, 2.45) is 0 Å². The van der Waals surface area contributed by atoms with Crippen molar-refractivity contribution in [1.82, 2.24) is 30.7 Å². The van der Waals surface area contributed by atoms with Gasteiger partial charge >= 0.3 is 5.97 Å². The van der Waals surface area contributed by atoms with Gasteiger partial charge in [-0.05, 0) is 38.4 Å². The molecule has 140 valence electrons. The van der Waals surface area contributed by atoms with Crippen molar-refractivity contribution in [2.75, 3.05) is 13.2 Å². The largest absolute Gasteiger partial charge is 0.493 e. The molecule has 0 bridgehead atoms. The summed E-state index contributed by atoms with van der Waals surface area (Å²) in [7, 11) is 0. The standard InChI is InChI=1S/C17H18N6O4/c1-2-26-12-8-9(27-17(25)11-4-3-7-18-11)5-6-10(12)14-19-15-13(16(24)20-14)21-23-22-15/h5-6,8,11,18H,2-4,7H2,1H3,(H2,19,20,21,22,23,24)/t11-/m1/s1. The average molecular weight is 370 g/mol. The smallest absolute Gasteiger partial charge is 0.328 e. The third-order valence-corrected chi connectivity index (χ3v) is 4.27. The second-order valence-corrected chi connectivity index (χ2v) is 6.07.